The van der Waals surface area contributed by atoms with Crippen LogP contribution in [0.1, 0.15) is 198 Å². The summed E-state index contributed by atoms with van der Waals surface area (Å²) >= 11 is 3.58. The Morgan fingerprint density at radius 1 is 0.667 bits per heavy atom. The molecule has 60 heavy (non-hydrogen) atoms. The van der Waals surface area contributed by atoms with Crippen molar-refractivity contribution >= 4 is 45.8 Å². The molecule has 0 atom stereocenters. The number of rotatable bonds is 29. The maximum Gasteiger partial charge on any atom is 0.262 e. The molecule has 4 aromatic rings. The van der Waals surface area contributed by atoms with E-state index in [1.165, 1.54) is 144 Å². The number of halogens is 2. The monoisotopic (exact) mass is 989 g/mol. The molecular formula is C49H73Br2N3O4S2. The van der Waals surface area contributed by atoms with Crippen LogP contribution in [0, 0.1) is 0 Å². The van der Waals surface area contributed by atoms with Gasteiger partial charge in [0.05, 0.1) is 16.0 Å². The highest BCUT2D eigenvalue weighted by Crippen LogP contribution is 2.25. The van der Waals surface area contributed by atoms with Crippen molar-refractivity contribution in [3.05, 3.63) is 86.1 Å². The molecule has 4 heterocycles. The Hall–Kier alpha value is -2.47. The van der Waals surface area contributed by atoms with E-state index in [9.17, 15) is 14.4 Å². The Kier molecular flexibility index (Phi) is 28.8. The van der Waals surface area contributed by atoms with E-state index < -0.39 is 0 Å². The first-order chi connectivity index (χ1) is 28.4. The number of hydrogen-bond acceptors (Lipinski definition) is 6. The van der Waals surface area contributed by atoms with E-state index in [0.717, 1.165) is 36.1 Å². The van der Waals surface area contributed by atoms with Crippen LogP contribution in [0.2, 0.25) is 0 Å². The molecule has 1 aliphatic heterocycles. The largest absolute Gasteiger partial charge is 1.00 e. The number of thiazole rings is 2. The molecule has 1 aromatic carbocycles. The summed E-state index contributed by atoms with van der Waals surface area (Å²) in [5, 5.41) is 2.91. The predicted octanol–water partition coefficient (Wildman–Crippen LogP) is 6.81. The van der Waals surface area contributed by atoms with Gasteiger partial charge in [0.15, 0.2) is 17.7 Å². The molecule has 1 amide bonds. The number of carbonyl (C=O) groups excluding carboxylic acids is 3. The molecule has 0 aliphatic carbocycles. The van der Waals surface area contributed by atoms with Crippen molar-refractivity contribution in [2.75, 3.05) is 5.32 Å². The number of Topliss-reactive ketones (excluding diaryl/α,β-unsaturated/α-hetero) is 2. The maximum atomic E-state index is 13.2. The van der Waals surface area contributed by atoms with Gasteiger partial charge in [0.25, 0.3) is 5.78 Å². The molecule has 0 saturated heterocycles. The number of carbonyl (C=O) groups is 3. The van der Waals surface area contributed by atoms with Crippen molar-refractivity contribution in [3.8, 4) is 0 Å². The fourth-order valence-electron chi connectivity index (χ4n) is 7.68. The minimum Gasteiger partial charge on any atom is -1.00 e. The standard InChI is InChI=1S/C30H44N2O2S.C19H28NO2S.2BrH/c1-3-5-7-9-11-13-15-27-29(16-14-12-10-8-6-4-2)35-23-32(27)22-28(33)25-17-19-26-24(21-25)18-20-30(34)31-26;1-2-3-4-5-6-7-8-9-11-17-14-20(16-23-17)15-18(21)19-12-10-13-22-19;;/h17,19,21,23H,3-16,18,20,22H2,1-2H3;10,12-14,16H,2-9,11,15H2,1H3;2*1H/q;+1;;/p-1. The fourth-order valence-corrected chi connectivity index (χ4v) is 9.62. The van der Waals surface area contributed by atoms with Gasteiger partial charge in [-0.15, -0.1) is 0 Å². The number of aryl methyl sites for hydroxylation is 3. The average molecular weight is 992 g/mol. The van der Waals surface area contributed by atoms with Crippen LogP contribution in [-0.4, -0.2) is 17.5 Å². The second kappa shape index (κ2) is 32.2. The van der Waals surface area contributed by atoms with Crippen molar-refractivity contribution < 1.29 is 61.9 Å². The molecule has 11 heteroatoms. The molecule has 7 nitrogen and oxygen atoms in total. The Labute approximate surface area is 391 Å². The molecule has 1 N–H and O–H groups in total. The van der Waals surface area contributed by atoms with E-state index in [1.807, 2.05) is 39.6 Å². The molecule has 0 spiro atoms. The molecular weight excluding hydrogens is 918 g/mol. The average Bonchev–Trinajstić information content (AvgIpc) is 4.01. The summed E-state index contributed by atoms with van der Waals surface area (Å²) in [5.74, 6) is 0.676. The van der Waals surface area contributed by atoms with E-state index in [2.05, 4.69) is 42.4 Å². The molecule has 0 bridgehead atoms. The molecule has 0 saturated carbocycles. The van der Waals surface area contributed by atoms with Gasteiger partial charge >= 0.3 is 0 Å². The molecule has 0 radical (unpaired) electrons. The summed E-state index contributed by atoms with van der Waals surface area (Å²) in [7, 11) is 0. The van der Waals surface area contributed by atoms with Crippen LogP contribution in [0.25, 0.3) is 0 Å². The van der Waals surface area contributed by atoms with E-state index in [0.29, 0.717) is 31.7 Å². The van der Waals surface area contributed by atoms with Crippen LogP contribution < -0.4 is 48.4 Å². The highest BCUT2D eigenvalue weighted by molar-refractivity contribution is 7.09. The Morgan fingerprint density at radius 2 is 1.27 bits per heavy atom. The maximum absolute atomic E-state index is 13.2. The number of aromatic nitrogens is 2. The zero-order valence-electron chi connectivity index (χ0n) is 36.9. The number of furan rings is 1. The van der Waals surface area contributed by atoms with Crippen LogP contribution >= 0.6 is 22.7 Å². The lowest BCUT2D eigenvalue weighted by Crippen LogP contribution is -3.00. The van der Waals surface area contributed by atoms with Gasteiger partial charge in [0, 0.05) is 24.1 Å². The van der Waals surface area contributed by atoms with Crippen LogP contribution in [0.3, 0.4) is 0 Å². The van der Waals surface area contributed by atoms with E-state index in [4.69, 9.17) is 4.42 Å². The van der Waals surface area contributed by atoms with Gasteiger partial charge in [0.2, 0.25) is 35.8 Å². The number of nitrogens with zero attached hydrogens (tertiary/aromatic N) is 2. The molecule has 0 unspecified atom stereocenters. The lowest BCUT2D eigenvalue weighted by molar-refractivity contribution is -0.686. The second-order valence-corrected chi connectivity index (χ2v) is 18.1. The van der Waals surface area contributed by atoms with E-state index in [1.54, 1.807) is 29.7 Å². The first-order valence-corrected chi connectivity index (χ1v) is 24.7. The summed E-state index contributed by atoms with van der Waals surface area (Å²) in [5.41, 5.74) is 8.27. The summed E-state index contributed by atoms with van der Waals surface area (Å²) < 4.78 is 9.34. The van der Waals surface area contributed by atoms with Gasteiger partial charge in [-0.2, -0.15) is 9.13 Å². The zero-order chi connectivity index (χ0) is 41.2. The number of unbranched alkanes of at least 4 members (excludes halogenated alkanes) is 17. The first-order valence-electron chi connectivity index (χ1n) is 22.9. The molecule has 1 aliphatic rings. The van der Waals surface area contributed by atoms with Crippen LogP contribution in [-0.2, 0) is 43.6 Å². The van der Waals surface area contributed by atoms with Crippen molar-refractivity contribution in [1.29, 1.82) is 0 Å². The van der Waals surface area contributed by atoms with E-state index in [-0.39, 0.29) is 51.4 Å². The van der Waals surface area contributed by atoms with Gasteiger partial charge in [-0.1, -0.05) is 153 Å². The van der Waals surface area contributed by atoms with Crippen molar-refractivity contribution in [2.45, 2.75) is 194 Å². The lowest BCUT2D eigenvalue weighted by atomic mass is 9.98. The van der Waals surface area contributed by atoms with Gasteiger partial charge in [0.1, 0.15) is 0 Å². The van der Waals surface area contributed by atoms with Crippen molar-refractivity contribution in [3.63, 3.8) is 0 Å². The van der Waals surface area contributed by atoms with Gasteiger partial charge in [-0.05, 0) is 74.4 Å². The van der Waals surface area contributed by atoms with Crippen LogP contribution in [0.4, 0.5) is 5.69 Å². The highest BCUT2D eigenvalue weighted by atomic mass is 79.9. The first kappa shape index (κ1) is 53.7. The topological polar surface area (TPSA) is 84.1 Å². The smallest absolute Gasteiger partial charge is 0.262 e. The third kappa shape index (κ3) is 20.1. The summed E-state index contributed by atoms with van der Waals surface area (Å²) in [6.07, 6.45) is 34.6. The van der Waals surface area contributed by atoms with Crippen LogP contribution in [0.15, 0.2) is 58.2 Å². The second-order valence-electron chi connectivity index (χ2n) is 16.2. The normalized spacial score (nSPS) is 11.8. The third-order valence-corrected chi connectivity index (χ3v) is 13.3. The number of nitrogens with one attached hydrogen (secondary N) is 1. The number of anilines is 1. The fraction of sp³-hybridized carbons (Fsp3) is 0.612. The molecule has 5 rings (SSSR count). The van der Waals surface area contributed by atoms with Crippen molar-refractivity contribution in [2.24, 2.45) is 0 Å². The molecule has 0 fully saturated rings. The minimum absolute atomic E-state index is 0. The van der Waals surface area contributed by atoms with Crippen LogP contribution in [0.5, 0.6) is 0 Å². The number of benzene rings is 1. The number of fused-ring (bicyclic) bond motifs is 1. The summed E-state index contributed by atoms with van der Waals surface area (Å²) in [6.45, 7) is 7.56. The number of hydrogen-bond donors (Lipinski definition) is 1. The highest BCUT2D eigenvalue weighted by Gasteiger charge is 2.24. The summed E-state index contributed by atoms with van der Waals surface area (Å²) in [6, 6.07) is 9.20. The van der Waals surface area contributed by atoms with Gasteiger partial charge in [-0.3, -0.25) is 14.4 Å². The summed E-state index contributed by atoms with van der Waals surface area (Å²) in [4.78, 5) is 39.7. The molecule has 3 aromatic heterocycles. The number of amides is 1. The predicted molar refractivity (Wildman–Crippen MR) is 240 cm³/mol. The van der Waals surface area contributed by atoms with Crippen molar-refractivity contribution in [1.82, 2.24) is 0 Å². The molecule has 334 valence electrons. The minimum atomic E-state index is 0. The van der Waals surface area contributed by atoms with E-state index >= 15 is 0 Å². The Bertz CT molecular complexity index is 1770. The Morgan fingerprint density at radius 3 is 1.88 bits per heavy atom. The van der Waals surface area contributed by atoms with Gasteiger partial charge < -0.3 is 43.7 Å². The third-order valence-electron chi connectivity index (χ3n) is 11.2. The van der Waals surface area contributed by atoms with Gasteiger partial charge in [-0.25, -0.2) is 0 Å². The quantitative estimate of drug-likeness (QED) is 0.0369. The number of ketones is 2. The SMILES string of the molecule is CCCCCCCCCCc1c[n+](CC(=O)c2ccco2)cs1.CCCCCCCCc1sc[n+](CC(=O)c2ccc3c(c2)CCC(=O)N3)c1CCCCCCCC.[Br-].[Br-]. The zero-order valence-corrected chi connectivity index (χ0v) is 41.7. The Balaban J connectivity index is 0.000000433. The lowest BCUT2D eigenvalue weighted by Gasteiger charge is -2.17.